The molecule has 154 valence electrons. The van der Waals surface area contributed by atoms with E-state index in [1.165, 1.54) is 5.56 Å². The van der Waals surface area contributed by atoms with Gasteiger partial charge in [-0.15, -0.1) is 12.4 Å². The maximum atomic E-state index is 6.04. The van der Waals surface area contributed by atoms with Crippen LogP contribution in [0.2, 0.25) is 0 Å². The summed E-state index contributed by atoms with van der Waals surface area (Å²) in [4.78, 5) is 6.93. The lowest BCUT2D eigenvalue weighted by Gasteiger charge is -2.16. The number of nitrogens with zero attached hydrogens (tertiary/aromatic N) is 3. The molecule has 7 heteroatoms. The Morgan fingerprint density at radius 2 is 1.86 bits per heavy atom. The third kappa shape index (κ3) is 4.96. The first kappa shape index (κ1) is 21.3. The van der Waals surface area contributed by atoms with Gasteiger partial charge in [-0.25, -0.2) is 0 Å². The number of aromatic nitrogens is 2. The molecular weight excluding hydrogens is 388 g/mol. The summed E-state index contributed by atoms with van der Waals surface area (Å²) in [5.74, 6) is 2.96. The largest absolute Gasteiger partial charge is 0.494 e. The van der Waals surface area contributed by atoms with Gasteiger partial charge in [0, 0.05) is 24.6 Å². The lowest BCUT2D eigenvalue weighted by atomic mass is 9.89. The predicted octanol–water partition coefficient (Wildman–Crippen LogP) is 3.73. The molecule has 6 nitrogen and oxygen atoms in total. The normalized spacial score (nSPS) is 19.1. The van der Waals surface area contributed by atoms with E-state index in [1.54, 1.807) is 0 Å². The smallest absolute Gasteiger partial charge is 0.241 e. The summed E-state index contributed by atoms with van der Waals surface area (Å²) in [5, 5.41) is 4.14. The second-order valence-electron chi connectivity index (χ2n) is 7.18. The number of likely N-dealkylation sites (tertiary alicyclic amines) is 1. The second-order valence-corrected chi connectivity index (χ2v) is 7.18. The Balaban J connectivity index is 0.00000240. The van der Waals surface area contributed by atoms with Gasteiger partial charge >= 0.3 is 0 Å². The van der Waals surface area contributed by atoms with Gasteiger partial charge < -0.3 is 15.0 Å². The van der Waals surface area contributed by atoms with E-state index in [-0.39, 0.29) is 12.4 Å². The summed E-state index contributed by atoms with van der Waals surface area (Å²) in [6.45, 7) is 5.83. The molecule has 2 N–H and O–H groups in total. The maximum Gasteiger partial charge on any atom is 0.241 e. The Morgan fingerprint density at radius 3 is 2.55 bits per heavy atom. The molecule has 0 spiro atoms. The Kier molecular flexibility index (Phi) is 7.25. The standard InChI is InChI=1S/C22H26N4O2.ClH/c1-2-27-19-10-8-17(9-11-19)22-24-21(28-25-22)15-26-13-18(12-23)20(14-26)16-6-4-3-5-7-16;/h3-11,18,20H,2,12-15,23H2,1H3;1H/t18-,20+;/m1./s1. The zero-order chi connectivity index (χ0) is 19.3. The molecule has 1 aromatic heterocycles. The molecule has 0 amide bonds. The van der Waals surface area contributed by atoms with Crippen LogP contribution in [0.15, 0.2) is 59.1 Å². The second kappa shape index (κ2) is 9.87. The number of rotatable bonds is 7. The zero-order valence-electron chi connectivity index (χ0n) is 16.5. The lowest BCUT2D eigenvalue weighted by Crippen LogP contribution is -2.23. The van der Waals surface area contributed by atoms with Crippen LogP contribution in [0.4, 0.5) is 0 Å². The van der Waals surface area contributed by atoms with Crippen molar-refractivity contribution in [3.05, 3.63) is 66.1 Å². The van der Waals surface area contributed by atoms with E-state index in [1.807, 2.05) is 31.2 Å². The van der Waals surface area contributed by atoms with Crippen molar-refractivity contribution in [2.75, 3.05) is 26.2 Å². The maximum absolute atomic E-state index is 6.04. The summed E-state index contributed by atoms with van der Waals surface area (Å²) in [5.41, 5.74) is 8.31. The van der Waals surface area contributed by atoms with Gasteiger partial charge in [0.25, 0.3) is 0 Å². The number of hydrogen-bond acceptors (Lipinski definition) is 6. The monoisotopic (exact) mass is 414 g/mol. The van der Waals surface area contributed by atoms with Crippen molar-refractivity contribution in [2.24, 2.45) is 11.7 Å². The van der Waals surface area contributed by atoms with E-state index in [2.05, 4.69) is 45.4 Å². The quantitative estimate of drug-likeness (QED) is 0.634. The summed E-state index contributed by atoms with van der Waals surface area (Å²) in [6.07, 6.45) is 0. The summed E-state index contributed by atoms with van der Waals surface area (Å²) >= 11 is 0. The van der Waals surface area contributed by atoms with Gasteiger partial charge in [-0.1, -0.05) is 35.5 Å². The molecule has 0 saturated carbocycles. The molecule has 2 aromatic carbocycles. The van der Waals surface area contributed by atoms with Crippen molar-refractivity contribution >= 4 is 12.4 Å². The first-order chi connectivity index (χ1) is 13.8. The van der Waals surface area contributed by atoms with Crippen LogP contribution in [0.1, 0.15) is 24.3 Å². The first-order valence-corrected chi connectivity index (χ1v) is 9.80. The van der Waals surface area contributed by atoms with Crippen molar-refractivity contribution in [3.8, 4) is 17.1 Å². The van der Waals surface area contributed by atoms with Gasteiger partial charge in [0.15, 0.2) is 0 Å². The number of hydrogen-bond donors (Lipinski definition) is 1. The average Bonchev–Trinajstić information content (AvgIpc) is 3.37. The molecule has 1 fully saturated rings. The van der Waals surface area contributed by atoms with Crippen molar-refractivity contribution in [3.63, 3.8) is 0 Å². The minimum atomic E-state index is 0. The van der Waals surface area contributed by atoms with Crippen LogP contribution in [0.25, 0.3) is 11.4 Å². The van der Waals surface area contributed by atoms with Crippen molar-refractivity contribution in [1.82, 2.24) is 15.0 Å². The molecular formula is C22H27ClN4O2. The average molecular weight is 415 g/mol. The van der Waals surface area contributed by atoms with Crippen LogP contribution in [0.5, 0.6) is 5.75 Å². The molecule has 0 bridgehead atoms. The van der Waals surface area contributed by atoms with E-state index >= 15 is 0 Å². The third-order valence-corrected chi connectivity index (χ3v) is 5.30. The van der Waals surface area contributed by atoms with Gasteiger partial charge in [-0.05, 0) is 49.2 Å². The topological polar surface area (TPSA) is 77.4 Å². The molecule has 1 saturated heterocycles. The molecule has 29 heavy (non-hydrogen) atoms. The van der Waals surface area contributed by atoms with Gasteiger partial charge in [0.2, 0.25) is 11.7 Å². The first-order valence-electron chi connectivity index (χ1n) is 9.80. The number of halogens is 1. The van der Waals surface area contributed by atoms with Crippen molar-refractivity contribution in [2.45, 2.75) is 19.4 Å². The Bertz CT molecular complexity index is 885. The van der Waals surface area contributed by atoms with Crippen LogP contribution in [0.3, 0.4) is 0 Å². The highest BCUT2D eigenvalue weighted by atomic mass is 35.5. The van der Waals surface area contributed by atoms with Crippen molar-refractivity contribution in [1.29, 1.82) is 0 Å². The fraction of sp³-hybridized carbons (Fsp3) is 0.364. The van der Waals surface area contributed by atoms with E-state index in [0.717, 1.165) is 24.4 Å². The lowest BCUT2D eigenvalue weighted by molar-refractivity contribution is 0.260. The fourth-order valence-electron chi connectivity index (χ4n) is 3.90. The van der Waals surface area contributed by atoms with Crippen LogP contribution in [-0.2, 0) is 6.54 Å². The Hall–Kier alpha value is -2.41. The van der Waals surface area contributed by atoms with Crippen LogP contribution in [-0.4, -0.2) is 41.3 Å². The molecule has 2 atom stereocenters. The van der Waals surface area contributed by atoms with E-state index in [9.17, 15) is 0 Å². The summed E-state index contributed by atoms with van der Waals surface area (Å²) < 4.78 is 11.0. The number of nitrogens with two attached hydrogens (primary N) is 1. The third-order valence-electron chi connectivity index (χ3n) is 5.30. The molecule has 1 aliphatic heterocycles. The minimum absolute atomic E-state index is 0. The van der Waals surface area contributed by atoms with Crippen LogP contribution < -0.4 is 10.5 Å². The molecule has 1 aliphatic rings. The zero-order valence-corrected chi connectivity index (χ0v) is 17.3. The molecule has 3 aromatic rings. The fourth-order valence-corrected chi connectivity index (χ4v) is 3.90. The Labute approximate surface area is 177 Å². The summed E-state index contributed by atoms with van der Waals surface area (Å²) in [7, 11) is 0. The van der Waals surface area contributed by atoms with Gasteiger partial charge in [0.05, 0.1) is 13.2 Å². The SMILES string of the molecule is CCOc1ccc(-c2noc(CN3C[C@@H](CN)[C@H](c4ccccc4)C3)n2)cc1.Cl. The Morgan fingerprint density at radius 1 is 1.10 bits per heavy atom. The van der Waals surface area contributed by atoms with E-state index in [4.69, 9.17) is 15.0 Å². The van der Waals surface area contributed by atoms with Gasteiger partial charge in [0.1, 0.15) is 5.75 Å². The number of ether oxygens (including phenoxy) is 1. The van der Waals surface area contributed by atoms with Gasteiger partial charge in [-0.2, -0.15) is 4.98 Å². The van der Waals surface area contributed by atoms with E-state index in [0.29, 0.717) is 43.2 Å². The molecule has 4 rings (SSSR count). The predicted molar refractivity (Wildman–Crippen MR) is 115 cm³/mol. The highest BCUT2D eigenvalue weighted by Gasteiger charge is 2.33. The molecule has 0 aliphatic carbocycles. The van der Waals surface area contributed by atoms with Gasteiger partial charge in [-0.3, -0.25) is 4.90 Å². The molecule has 0 unspecified atom stereocenters. The minimum Gasteiger partial charge on any atom is -0.494 e. The van der Waals surface area contributed by atoms with Crippen LogP contribution in [0, 0.1) is 5.92 Å². The number of benzene rings is 2. The van der Waals surface area contributed by atoms with E-state index < -0.39 is 0 Å². The summed E-state index contributed by atoms with van der Waals surface area (Å²) in [6, 6.07) is 18.4. The van der Waals surface area contributed by atoms with Crippen LogP contribution >= 0.6 is 12.4 Å². The van der Waals surface area contributed by atoms with Crippen molar-refractivity contribution < 1.29 is 9.26 Å². The molecule has 0 radical (unpaired) electrons. The highest BCUT2D eigenvalue weighted by Crippen LogP contribution is 2.32. The highest BCUT2D eigenvalue weighted by molar-refractivity contribution is 5.85. The molecule has 2 heterocycles.